The van der Waals surface area contributed by atoms with Gasteiger partial charge in [-0.05, 0) is 49.2 Å². The zero-order valence-corrected chi connectivity index (χ0v) is 18.5. The van der Waals surface area contributed by atoms with E-state index in [0.717, 1.165) is 17.7 Å². The monoisotopic (exact) mass is 495 g/mol. The van der Waals surface area contributed by atoms with Crippen LogP contribution in [0.3, 0.4) is 0 Å². The molecule has 1 aliphatic heterocycles. The van der Waals surface area contributed by atoms with Gasteiger partial charge in [-0.1, -0.05) is 35.1 Å². The number of hydrogen-bond acceptors (Lipinski definition) is 5. The Morgan fingerprint density at radius 2 is 1.85 bits per heavy atom. The first-order valence-electron chi connectivity index (χ1n) is 9.86. The summed E-state index contributed by atoms with van der Waals surface area (Å²) in [5, 5.41) is 14.7. The van der Waals surface area contributed by atoms with E-state index in [1.807, 2.05) is 6.07 Å². The number of benzene rings is 2. The van der Waals surface area contributed by atoms with Gasteiger partial charge in [0.15, 0.2) is 0 Å². The van der Waals surface area contributed by atoms with Crippen LogP contribution in [0.15, 0.2) is 48.5 Å². The lowest BCUT2D eigenvalue weighted by Gasteiger charge is -2.23. The van der Waals surface area contributed by atoms with Gasteiger partial charge < -0.3 is 10.2 Å². The van der Waals surface area contributed by atoms with Crippen molar-refractivity contribution in [3.8, 4) is 10.6 Å². The molecule has 172 valence electrons. The van der Waals surface area contributed by atoms with Gasteiger partial charge in [0.25, 0.3) is 0 Å². The Balaban J connectivity index is 1.39. The number of alkyl halides is 3. The number of likely N-dealkylation sites (tertiary alicyclic amines) is 1. The molecule has 1 atom stereocenters. The van der Waals surface area contributed by atoms with Gasteiger partial charge in [-0.25, -0.2) is 4.79 Å². The van der Waals surface area contributed by atoms with E-state index in [2.05, 4.69) is 20.8 Å². The number of halogens is 4. The van der Waals surface area contributed by atoms with Gasteiger partial charge in [-0.15, -0.1) is 10.2 Å². The summed E-state index contributed by atoms with van der Waals surface area (Å²) in [5.41, 5.74) is 0.154. The maximum Gasteiger partial charge on any atom is 0.416 e. The molecule has 7 nitrogen and oxygen atoms in total. The molecule has 4 rings (SSSR count). The molecule has 0 aliphatic carbocycles. The molecular formula is C21H17ClF3N5O2S. The Hall–Kier alpha value is -3.18. The van der Waals surface area contributed by atoms with Crippen LogP contribution in [0.2, 0.25) is 5.02 Å². The molecule has 3 amide bonds. The third-order valence-corrected chi connectivity index (χ3v) is 6.13. The van der Waals surface area contributed by atoms with Gasteiger partial charge in [0, 0.05) is 22.8 Å². The largest absolute Gasteiger partial charge is 0.416 e. The van der Waals surface area contributed by atoms with E-state index in [0.29, 0.717) is 29.4 Å². The number of carbonyl (C=O) groups excluding carboxylic acids is 2. The quantitative estimate of drug-likeness (QED) is 0.499. The molecule has 2 aromatic carbocycles. The Kier molecular flexibility index (Phi) is 6.52. The van der Waals surface area contributed by atoms with Gasteiger partial charge in [-0.2, -0.15) is 13.2 Å². The summed E-state index contributed by atoms with van der Waals surface area (Å²) in [4.78, 5) is 26.8. The lowest BCUT2D eigenvalue weighted by atomic mass is 10.2. The van der Waals surface area contributed by atoms with E-state index < -0.39 is 29.7 Å². The smallest absolute Gasteiger partial charge is 0.312 e. The molecule has 2 heterocycles. The number of nitrogens with one attached hydrogen (secondary N) is 2. The predicted molar refractivity (Wildman–Crippen MR) is 119 cm³/mol. The number of nitrogens with zero attached hydrogens (tertiary/aromatic N) is 3. The average molecular weight is 496 g/mol. The Labute approximate surface area is 195 Å². The minimum absolute atomic E-state index is 0.203. The number of carbonyl (C=O) groups is 2. The lowest BCUT2D eigenvalue weighted by Crippen LogP contribution is -2.45. The molecule has 1 fully saturated rings. The fraction of sp³-hybridized carbons (Fsp3) is 0.238. The summed E-state index contributed by atoms with van der Waals surface area (Å²) in [6, 6.07) is 9.88. The maximum atomic E-state index is 12.8. The van der Waals surface area contributed by atoms with Crippen LogP contribution in [0, 0.1) is 0 Å². The second-order valence-corrected chi connectivity index (χ2v) is 8.68. The number of amides is 3. The van der Waals surface area contributed by atoms with Crippen LogP contribution in [0.25, 0.3) is 10.6 Å². The van der Waals surface area contributed by atoms with Crippen LogP contribution < -0.4 is 10.6 Å². The summed E-state index contributed by atoms with van der Waals surface area (Å²) in [7, 11) is 0. The van der Waals surface area contributed by atoms with E-state index in [9.17, 15) is 22.8 Å². The second-order valence-electron chi connectivity index (χ2n) is 7.27. The number of aromatic nitrogens is 2. The minimum atomic E-state index is -4.46. The second kappa shape index (κ2) is 9.36. The van der Waals surface area contributed by atoms with Crippen molar-refractivity contribution in [3.05, 3.63) is 59.1 Å². The highest BCUT2D eigenvalue weighted by molar-refractivity contribution is 7.18. The number of anilines is 2. The standard InChI is InChI=1S/C21H17ClF3N5O2S/c22-14-4-1-3-12(11-14)18-28-29-19(33-18)27-17(31)16-5-2-10-30(16)20(32)26-15-8-6-13(7-9-15)21(23,24)25/h1,3-4,6-9,11,16H,2,5,10H2,(H,26,32)(H,27,29,31). The lowest BCUT2D eigenvalue weighted by molar-refractivity contribution is -0.137. The zero-order valence-electron chi connectivity index (χ0n) is 16.9. The molecule has 0 saturated carbocycles. The molecule has 1 aliphatic rings. The van der Waals surface area contributed by atoms with E-state index in [-0.39, 0.29) is 10.8 Å². The Bertz CT molecular complexity index is 1170. The molecule has 1 saturated heterocycles. The van der Waals surface area contributed by atoms with Crippen LogP contribution in [0.4, 0.5) is 28.8 Å². The van der Waals surface area contributed by atoms with Crippen LogP contribution in [0.5, 0.6) is 0 Å². The first-order chi connectivity index (χ1) is 15.7. The predicted octanol–water partition coefficient (Wildman–Crippen LogP) is 5.51. The molecule has 0 spiro atoms. The summed E-state index contributed by atoms with van der Waals surface area (Å²) < 4.78 is 38.1. The van der Waals surface area contributed by atoms with Crippen molar-refractivity contribution in [2.45, 2.75) is 25.1 Å². The normalized spacial score (nSPS) is 16.0. The molecule has 33 heavy (non-hydrogen) atoms. The SMILES string of the molecule is O=C(Nc1nnc(-c2cccc(Cl)c2)s1)C1CCCN1C(=O)Nc1ccc(C(F)(F)F)cc1. The highest BCUT2D eigenvalue weighted by Crippen LogP contribution is 2.31. The minimum Gasteiger partial charge on any atom is -0.312 e. The van der Waals surface area contributed by atoms with Crippen LogP contribution in [-0.4, -0.2) is 39.6 Å². The zero-order chi connectivity index (χ0) is 23.6. The van der Waals surface area contributed by atoms with Crippen molar-refractivity contribution in [3.63, 3.8) is 0 Å². The maximum absolute atomic E-state index is 12.8. The Morgan fingerprint density at radius 1 is 1.09 bits per heavy atom. The van der Waals surface area contributed by atoms with Gasteiger partial charge in [-0.3, -0.25) is 10.1 Å². The van der Waals surface area contributed by atoms with Gasteiger partial charge in [0.1, 0.15) is 11.0 Å². The van der Waals surface area contributed by atoms with Crippen molar-refractivity contribution in [1.82, 2.24) is 15.1 Å². The van der Waals surface area contributed by atoms with Gasteiger partial charge in [0.2, 0.25) is 11.0 Å². The molecule has 0 radical (unpaired) electrons. The number of rotatable bonds is 4. The summed E-state index contributed by atoms with van der Waals surface area (Å²) in [6.07, 6.45) is -3.40. The molecular weight excluding hydrogens is 479 g/mol. The first kappa shape index (κ1) is 23.0. The molecule has 3 aromatic rings. The van der Waals surface area contributed by atoms with Crippen molar-refractivity contribution in [2.75, 3.05) is 17.2 Å². The summed E-state index contributed by atoms with van der Waals surface area (Å²) >= 11 is 7.17. The first-order valence-corrected chi connectivity index (χ1v) is 11.1. The number of urea groups is 1. The van der Waals surface area contributed by atoms with E-state index in [1.54, 1.807) is 18.2 Å². The molecule has 1 unspecified atom stereocenters. The van der Waals surface area contributed by atoms with Crippen LogP contribution >= 0.6 is 22.9 Å². The van der Waals surface area contributed by atoms with Crippen molar-refractivity contribution in [2.24, 2.45) is 0 Å². The average Bonchev–Trinajstić information content (AvgIpc) is 3.43. The fourth-order valence-electron chi connectivity index (χ4n) is 3.42. The molecule has 1 aromatic heterocycles. The van der Waals surface area contributed by atoms with E-state index in [1.165, 1.54) is 28.4 Å². The van der Waals surface area contributed by atoms with Crippen molar-refractivity contribution < 1.29 is 22.8 Å². The molecule has 12 heteroatoms. The topological polar surface area (TPSA) is 87.2 Å². The van der Waals surface area contributed by atoms with Crippen LogP contribution in [0.1, 0.15) is 18.4 Å². The van der Waals surface area contributed by atoms with Crippen molar-refractivity contribution in [1.29, 1.82) is 0 Å². The molecule has 0 bridgehead atoms. The Morgan fingerprint density at radius 3 is 2.55 bits per heavy atom. The van der Waals surface area contributed by atoms with E-state index in [4.69, 9.17) is 11.6 Å². The van der Waals surface area contributed by atoms with Crippen molar-refractivity contribution >= 4 is 45.7 Å². The summed E-state index contributed by atoms with van der Waals surface area (Å²) in [6.45, 7) is 0.342. The fourth-order valence-corrected chi connectivity index (χ4v) is 4.35. The third kappa shape index (κ3) is 5.42. The highest BCUT2D eigenvalue weighted by Gasteiger charge is 2.35. The summed E-state index contributed by atoms with van der Waals surface area (Å²) in [5.74, 6) is -0.413. The number of hydrogen-bond donors (Lipinski definition) is 2. The third-order valence-electron chi connectivity index (χ3n) is 5.01. The highest BCUT2D eigenvalue weighted by atomic mass is 35.5. The van der Waals surface area contributed by atoms with Gasteiger partial charge in [0.05, 0.1) is 5.56 Å². The van der Waals surface area contributed by atoms with E-state index >= 15 is 0 Å². The van der Waals surface area contributed by atoms with Crippen LogP contribution in [-0.2, 0) is 11.0 Å². The van der Waals surface area contributed by atoms with Gasteiger partial charge >= 0.3 is 12.2 Å². The molecule has 2 N–H and O–H groups in total.